The molecule has 1 aliphatic rings. The van der Waals surface area contributed by atoms with Crippen molar-refractivity contribution in [2.75, 3.05) is 0 Å². The van der Waals surface area contributed by atoms with Gasteiger partial charge in [0, 0.05) is 18.1 Å². The van der Waals surface area contributed by atoms with Crippen molar-refractivity contribution in [2.45, 2.75) is 20.3 Å². The molecule has 0 amide bonds. The quantitative estimate of drug-likeness (QED) is 0.639. The Hall–Kier alpha value is -1.31. The molecule has 68 valence electrons. The summed E-state index contributed by atoms with van der Waals surface area (Å²) in [5.41, 5.74) is 1.27. The number of hydrogen-bond acceptors (Lipinski definition) is 1. The molecule has 0 aliphatic carbocycles. The van der Waals surface area contributed by atoms with E-state index in [1.807, 2.05) is 6.20 Å². The van der Waals surface area contributed by atoms with Gasteiger partial charge < -0.3 is 4.57 Å². The highest BCUT2D eigenvalue weighted by atomic mass is 15.1. The van der Waals surface area contributed by atoms with Gasteiger partial charge in [0.25, 0.3) is 0 Å². The lowest BCUT2D eigenvalue weighted by Gasteiger charge is -2.00. The molecule has 0 aromatic carbocycles. The molecule has 2 rings (SSSR count). The van der Waals surface area contributed by atoms with Gasteiger partial charge in [0.1, 0.15) is 5.82 Å². The molecule has 1 aromatic rings. The summed E-state index contributed by atoms with van der Waals surface area (Å²) in [4.78, 5) is 4.35. The van der Waals surface area contributed by atoms with Crippen LogP contribution in [0.5, 0.6) is 0 Å². The van der Waals surface area contributed by atoms with E-state index in [1.54, 1.807) is 0 Å². The summed E-state index contributed by atoms with van der Waals surface area (Å²) in [6.45, 7) is 4.32. The first-order chi connectivity index (χ1) is 6.31. The Kier molecular flexibility index (Phi) is 2.05. The van der Waals surface area contributed by atoms with Crippen molar-refractivity contribution in [2.24, 2.45) is 5.92 Å². The highest BCUT2D eigenvalue weighted by Gasteiger charge is 2.06. The number of imidazole rings is 1. The predicted molar refractivity (Wildman–Crippen MR) is 55.1 cm³/mol. The van der Waals surface area contributed by atoms with Crippen LogP contribution in [0.4, 0.5) is 0 Å². The highest BCUT2D eigenvalue weighted by molar-refractivity contribution is 5.50. The Morgan fingerprint density at radius 2 is 2.31 bits per heavy atom. The number of rotatable bonds is 1. The summed E-state index contributed by atoms with van der Waals surface area (Å²) in [6, 6.07) is 0. The molecule has 1 aromatic heterocycles. The lowest BCUT2D eigenvalue weighted by atomic mass is 10.2. The van der Waals surface area contributed by atoms with Gasteiger partial charge >= 0.3 is 0 Å². The summed E-state index contributed by atoms with van der Waals surface area (Å²) < 4.78 is 2.15. The Morgan fingerprint density at radius 1 is 1.46 bits per heavy atom. The third-order valence-corrected chi connectivity index (χ3v) is 2.35. The van der Waals surface area contributed by atoms with E-state index in [2.05, 4.69) is 47.8 Å². The monoisotopic (exact) mass is 174 g/mol. The van der Waals surface area contributed by atoms with Crippen LogP contribution in [-0.2, 0) is 6.42 Å². The van der Waals surface area contributed by atoms with Crippen molar-refractivity contribution in [1.29, 1.82) is 0 Å². The van der Waals surface area contributed by atoms with Crippen LogP contribution in [0, 0.1) is 5.92 Å². The average molecular weight is 174 g/mol. The Labute approximate surface area is 78.6 Å². The molecule has 0 spiro atoms. The summed E-state index contributed by atoms with van der Waals surface area (Å²) >= 11 is 0. The lowest BCUT2D eigenvalue weighted by molar-refractivity contribution is 0.937. The van der Waals surface area contributed by atoms with Gasteiger partial charge in [-0.3, -0.25) is 0 Å². The fourth-order valence-electron chi connectivity index (χ4n) is 1.49. The first-order valence-corrected chi connectivity index (χ1v) is 4.74. The van der Waals surface area contributed by atoms with E-state index >= 15 is 0 Å². The molecule has 0 saturated heterocycles. The molecular formula is C11H14N2. The number of hydrogen-bond donors (Lipinski definition) is 0. The van der Waals surface area contributed by atoms with Gasteiger partial charge in [-0.2, -0.15) is 0 Å². The van der Waals surface area contributed by atoms with E-state index in [-0.39, 0.29) is 0 Å². The molecule has 0 N–H and O–H groups in total. The van der Waals surface area contributed by atoms with Gasteiger partial charge in [-0.25, -0.2) is 4.98 Å². The summed E-state index contributed by atoms with van der Waals surface area (Å²) in [5, 5.41) is 0. The first-order valence-electron chi connectivity index (χ1n) is 4.74. The van der Waals surface area contributed by atoms with Crippen LogP contribution >= 0.6 is 0 Å². The zero-order valence-corrected chi connectivity index (χ0v) is 8.07. The summed E-state index contributed by atoms with van der Waals surface area (Å²) in [5.74, 6) is 1.55. The van der Waals surface area contributed by atoms with Gasteiger partial charge in [0.2, 0.25) is 0 Å². The van der Waals surface area contributed by atoms with Crippen LogP contribution in [0.2, 0.25) is 0 Å². The normalized spacial score (nSPS) is 20.0. The van der Waals surface area contributed by atoms with Crippen LogP contribution in [-0.4, -0.2) is 9.55 Å². The van der Waals surface area contributed by atoms with Crippen LogP contribution in [0.3, 0.4) is 0 Å². The van der Waals surface area contributed by atoms with Crippen molar-refractivity contribution in [3.63, 3.8) is 0 Å². The van der Waals surface area contributed by atoms with E-state index in [0.29, 0.717) is 5.92 Å². The van der Waals surface area contributed by atoms with Gasteiger partial charge in [0.15, 0.2) is 0 Å². The second kappa shape index (κ2) is 3.21. The maximum absolute atomic E-state index is 4.35. The van der Waals surface area contributed by atoms with E-state index < -0.39 is 0 Å². The second-order valence-corrected chi connectivity index (χ2v) is 3.39. The van der Waals surface area contributed by atoms with Crippen molar-refractivity contribution in [3.8, 4) is 0 Å². The Morgan fingerprint density at radius 3 is 3.08 bits per heavy atom. The molecule has 2 nitrogen and oxygen atoms in total. The van der Waals surface area contributed by atoms with Gasteiger partial charge in [-0.1, -0.05) is 26.0 Å². The van der Waals surface area contributed by atoms with Crippen LogP contribution < -0.4 is 0 Å². The number of aryl methyl sites for hydroxylation is 1. The third-order valence-electron chi connectivity index (χ3n) is 2.35. The predicted octanol–water partition coefficient (Wildman–Crippen LogP) is 2.58. The second-order valence-electron chi connectivity index (χ2n) is 3.39. The molecule has 1 unspecified atom stereocenters. The van der Waals surface area contributed by atoms with Crippen LogP contribution in [0.15, 0.2) is 18.3 Å². The van der Waals surface area contributed by atoms with E-state index in [1.165, 1.54) is 5.69 Å². The largest absolute Gasteiger partial charge is 0.304 e. The molecule has 0 bridgehead atoms. The summed E-state index contributed by atoms with van der Waals surface area (Å²) in [7, 11) is 0. The Bertz CT molecular complexity index is 358. The molecule has 0 fully saturated rings. The van der Waals surface area contributed by atoms with Gasteiger partial charge in [-0.05, 0) is 18.4 Å². The molecular weight excluding hydrogens is 160 g/mol. The number of fused-ring (bicyclic) bond motifs is 1. The minimum atomic E-state index is 0.506. The maximum Gasteiger partial charge on any atom is 0.136 e. The van der Waals surface area contributed by atoms with E-state index in [0.717, 1.165) is 12.2 Å². The molecule has 0 radical (unpaired) electrons. The zero-order chi connectivity index (χ0) is 9.26. The number of allylic oxidation sites excluding steroid dienone is 2. The minimum Gasteiger partial charge on any atom is -0.304 e. The fraction of sp³-hybridized carbons (Fsp3) is 0.364. The Balaban J connectivity index is 2.49. The van der Waals surface area contributed by atoms with Crippen molar-refractivity contribution in [1.82, 2.24) is 9.55 Å². The fourth-order valence-corrected chi connectivity index (χ4v) is 1.49. The lowest BCUT2D eigenvalue weighted by Crippen LogP contribution is -1.94. The van der Waals surface area contributed by atoms with Crippen molar-refractivity contribution in [3.05, 3.63) is 29.9 Å². The number of nitrogens with zero attached hydrogens (tertiary/aromatic N) is 2. The van der Waals surface area contributed by atoms with E-state index in [4.69, 9.17) is 0 Å². The minimum absolute atomic E-state index is 0.506. The molecule has 1 atom stereocenters. The molecule has 1 aliphatic heterocycles. The average Bonchev–Trinajstić information content (AvgIpc) is 2.45. The molecule has 13 heavy (non-hydrogen) atoms. The maximum atomic E-state index is 4.35. The SMILES string of the molecule is CCc1cnc2n1C=CC(C)C=C2. The number of aromatic nitrogens is 2. The van der Waals surface area contributed by atoms with E-state index in [9.17, 15) is 0 Å². The van der Waals surface area contributed by atoms with Crippen molar-refractivity contribution < 1.29 is 0 Å². The van der Waals surface area contributed by atoms with Gasteiger partial charge in [-0.15, -0.1) is 0 Å². The third kappa shape index (κ3) is 1.44. The van der Waals surface area contributed by atoms with Gasteiger partial charge in [0.05, 0.1) is 0 Å². The summed E-state index contributed by atoms with van der Waals surface area (Å²) in [6.07, 6.45) is 11.5. The molecule has 2 heteroatoms. The zero-order valence-electron chi connectivity index (χ0n) is 8.07. The van der Waals surface area contributed by atoms with Crippen LogP contribution in [0.25, 0.3) is 12.3 Å². The first kappa shape index (κ1) is 8.30. The smallest absolute Gasteiger partial charge is 0.136 e. The highest BCUT2D eigenvalue weighted by Crippen LogP contribution is 2.15. The standard InChI is InChI=1S/C11H14N2/c1-3-10-8-12-11-5-4-9(2)6-7-13(10)11/h4-9H,3H2,1-2H3. The topological polar surface area (TPSA) is 17.8 Å². The molecule has 0 saturated carbocycles. The van der Waals surface area contributed by atoms with Crippen molar-refractivity contribution >= 4 is 12.3 Å². The van der Waals surface area contributed by atoms with Crippen LogP contribution in [0.1, 0.15) is 25.4 Å². The molecule has 2 heterocycles.